The fourth-order valence-corrected chi connectivity index (χ4v) is 6.77. The van der Waals surface area contributed by atoms with Crippen molar-refractivity contribution < 1.29 is 23.1 Å². The molecule has 1 amide bonds. The maximum Gasteiger partial charge on any atom is 0.326 e. The Balaban J connectivity index is 1.48. The minimum absolute atomic E-state index is 0.0542. The van der Waals surface area contributed by atoms with E-state index in [0.29, 0.717) is 6.42 Å². The summed E-state index contributed by atoms with van der Waals surface area (Å²) in [4.78, 5) is 25.0. The molecule has 1 saturated heterocycles. The minimum Gasteiger partial charge on any atom is -0.480 e. The molecule has 0 radical (unpaired) electrons. The van der Waals surface area contributed by atoms with Crippen molar-refractivity contribution in [3.05, 3.63) is 87.9 Å². The van der Waals surface area contributed by atoms with Gasteiger partial charge in [0.05, 0.1) is 4.90 Å². The number of sulfonamides is 1. The molecule has 0 saturated carbocycles. The van der Waals surface area contributed by atoms with Crippen molar-refractivity contribution in [2.75, 3.05) is 6.54 Å². The van der Waals surface area contributed by atoms with Crippen molar-refractivity contribution in [3.8, 4) is 11.1 Å². The molecule has 0 spiro atoms. The lowest BCUT2D eigenvalue weighted by Crippen LogP contribution is -2.51. The maximum absolute atomic E-state index is 13.2. The van der Waals surface area contributed by atoms with Crippen LogP contribution in [-0.4, -0.2) is 48.3 Å². The Labute approximate surface area is 226 Å². The van der Waals surface area contributed by atoms with Crippen LogP contribution in [0.4, 0.5) is 0 Å². The van der Waals surface area contributed by atoms with Gasteiger partial charge >= 0.3 is 5.97 Å². The smallest absolute Gasteiger partial charge is 0.326 e. The predicted octanol–water partition coefficient (Wildman–Crippen LogP) is 4.93. The van der Waals surface area contributed by atoms with Gasteiger partial charge in [-0.05, 0) is 54.7 Å². The highest BCUT2D eigenvalue weighted by Crippen LogP contribution is 2.30. The first-order valence-corrected chi connectivity index (χ1v) is 13.9. The second-order valence-electron chi connectivity index (χ2n) is 9.05. The van der Waals surface area contributed by atoms with Crippen LogP contribution >= 0.6 is 23.2 Å². The summed E-state index contributed by atoms with van der Waals surface area (Å²) in [6.07, 6.45) is 0.791. The highest BCUT2D eigenvalue weighted by atomic mass is 35.5. The first-order valence-electron chi connectivity index (χ1n) is 11.7. The molecule has 0 unspecified atom stereocenters. The average Bonchev–Trinajstić information content (AvgIpc) is 3.35. The molecule has 2 atom stereocenters. The average molecular weight is 561 g/mol. The van der Waals surface area contributed by atoms with Crippen LogP contribution < -0.4 is 5.32 Å². The molecule has 1 aliphatic heterocycles. The normalized spacial score (nSPS) is 16.9. The molecule has 1 aliphatic rings. The quantitative estimate of drug-likeness (QED) is 0.406. The third-order valence-electron chi connectivity index (χ3n) is 6.34. The van der Waals surface area contributed by atoms with Gasteiger partial charge in [-0.25, -0.2) is 13.2 Å². The monoisotopic (exact) mass is 560 g/mol. The molecule has 0 aromatic heterocycles. The topological polar surface area (TPSA) is 104 Å². The van der Waals surface area contributed by atoms with Crippen LogP contribution in [0.2, 0.25) is 10.0 Å². The number of nitrogens with one attached hydrogen (secondary N) is 1. The lowest BCUT2D eigenvalue weighted by atomic mass is 10.00. The number of carboxylic acid groups (broad SMARTS) is 1. The summed E-state index contributed by atoms with van der Waals surface area (Å²) in [5.41, 5.74) is 3.93. The van der Waals surface area contributed by atoms with E-state index in [1.807, 2.05) is 55.5 Å². The number of carbonyl (C=O) groups excluding carboxylic acids is 1. The number of benzene rings is 3. The number of halogens is 2. The molecule has 3 aromatic carbocycles. The number of carbonyl (C=O) groups is 2. The Kier molecular flexibility index (Phi) is 8.23. The van der Waals surface area contributed by atoms with Crippen molar-refractivity contribution in [1.82, 2.24) is 9.62 Å². The Morgan fingerprint density at radius 2 is 1.57 bits per heavy atom. The van der Waals surface area contributed by atoms with Crippen molar-refractivity contribution >= 4 is 45.1 Å². The van der Waals surface area contributed by atoms with E-state index in [0.717, 1.165) is 26.6 Å². The first kappa shape index (κ1) is 27.1. The number of carboxylic acids is 1. The zero-order chi connectivity index (χ0) is 26.7. The molecule has 3 aromatic rings. The second kappa shape index (κ2) is 11.2. The molecule has 1 fully saturated rings. The Bertz CT molecular complexity index is 1390. The van der Waals surface area contributed by atoms with Crippen LogP contribution in [0.3, 0.4) is 0 Å². The van der Waals surface area contributed by atoms with E-state index < -0.39 is 34.0 Å². The van der Waals surface area contributed by atoms with E-state index in [4.69, 9.17) is 23.2 Å². The summed E-state index contributed by atoms with van der Waals surface area (Å²) in [5.74, 6) is -1.86. The lowest BCUT2D eigenvalue weighted by Gasteiger charge is -2.25. The van der Waals surface area contributed by atoms with Crippen molar-refractivity contribution in [3.63, 3.8) is 0 Å². The molecular weight excluding hydrogens is 535 g/mol. The predicted molar refractivity (Wildman–Crippen MR) is 143 cm³/mol. The van der Waals surface area contributed by atoms with E-state index in [1.165, 1.54) is 18.2 Å². The van der Waals surface area contributed by atoms with E-state index in [9.17, 15) is 23.1 Å². The van der Waals surface area contributed by atoms with Crippen molar-refractivity contribution in [2.45, 2.75) is 43.2 Å². The van der Waals surface area contributed by atoms with Gasteiger partial charge in [-0.1, -0.05) is 77.3 Å². The van der Waals surface area contributed by atoms with Gasteiger partial charge in [-0.3, -0.25) is 4.79 Å². The number of aryl methyl sites for hydroxylation is 1. The van der Waals surface area contributed by atoms with E-state index >= 15 is 0 Å². The summed E-state index contributed by atoms with van der Waals surface area (Å²) in [5, 5.41) is 12.6. The van der Waals surface area contributed by atoms with Crippen LogP contribution in [0.1, 0.15) is 24.0 Å². The Morgan fingerprint density at radius 1 is 1.00 bits per heavy atom. The summed E-state index contributed by atoms with van der Waals surface area (Å²) in [7, 11) is -4.07. The summed E-state index contributed by atoms with van der Waals surface area (Å²) in [6.45, 7) is 2.14. The zero-order valence-electron chi connectivity index (χ0n) is 20.0. The number of nitrogens with zero attached hydrogens (tertiary/aromatic N) is 1. The van der Waals surface area contributed by atoms with Gasteiger partial charge in [0.1, 0.15) is 12.1 Å². The lowest BCUT2D eigenvalue weighted by molar-refractivity contribution is -0.142. The standard InChI is InChI=1S/C27H26Cl2N2O5S/c1-17-4-8-19(9-5-17)20-10-6-18(7-11-20)13-24(27(33)34)30-26(32)25-3-2-12-31(25)37(35,36)23-15-21(28)14-22(29)16-23/h4-11,14-16,24-25H,2-3,12-13H2,1H3,(H,30,32)(H,33,34)/t24-,25-/m0/s1. The van der Waals surface area contributed by atoms with Gasteiger partial charge in [0, 0.05) is 23.0 Å². The molecule has 10 heteroatoms. The highest BCUT2D eigenvalue weighted by molar-refractivity contribution is 7.89. The number of aliphatic carboxylic acids is 1. The molecule has 2 N–H and O–H groups in total. The van der Waals surface area contributed by atoms with Gasteiger partial charge in [-0.2, -0.15) is 4.31 Å². The minimum atomic E-state index is -4.07. The Hall–Kier alpha value is -2.91. The summed E-state index contributed by atoms with van der Waals surface area (Å²) >= 11 is 12.0. The molecular formula is C27H26Cl2N2O5S. The molecule has 194 valence electrons. The molecule has 0 bridgehead atoms. The van der Waals surface area contributed by atoms with E-state index in [2.05, 4.69) is 5.32 Å². The molecule has 4 rings (SSSR count). The van der Waals surface area contributed by atoms with Crippen LogP contribution in [0.25, 0.3) is 11.1 Å². The largest absolute Gasteiger partial charge is 0.480 e. The van der Waals surface area contributed by atoms with Crippen LogP contribution in [-0.2, 0) is 26.0 Å². The first-order chi connectivity index (χ1) is 17.5. The van der Waals surface area contributed by atoms with Crippen molar-refractivity contribution in [2.24, 2.45) is 0 Å². The van der Waals surface area contributed by atoms with Gasteiger partial charge in [0.2, 0.25) is 15.9 Å². The number of amides is 1. The van der Waals surface area contributed by atoms with Gasteiger partial charge in [-0.15, -0.1) is 0 Å². The molecule has 1 heterocycles. The summed E-state index contributed by atoms with van der Waals surface area (Å²) < 4.78 is 27.6. The second-order valence-corrected chi connectivity index (χ2v) is 11.8. The molecule has 37 heavy (non-hydrogen) atoms. The zero-order valence-corrected chi connectivity index (χ0v) is 22.4. The third kappa shape index (κ3) is 6.33. The van der Waals surface area contributed by atoms with E-state index in [1.54, 1.807) is 0 Å². The summed E-state index contributed by atoms with van der Waals surface area (Å²) in [6, 6.07) is 17.3. The highest BCUT2D eigenvalue weighted by Gasteiger charge is 2.40. The van der Waals surface area contributed by atoms with Crippen LogP contribution in [0, 0.1) is 6.92 Å². The van der Waals surface area contributed by atoms with Gasteiger partial charge < -0.3 is 10.4 Å². The van der Waals surface area contributed by atoms with E-state index in [-0.39, 0.29) is 34.3 Å². The maximum atomic E-state index is 13.2. The molecule has 7 nitrogen and oxygen atoms in total. The van der Waals surface area contributed by atoms with Gasteiger partial charge in [0.25, 0.3) is 0 Å². The van der Waals surface area contributed by atoms with Crippen LogP contribution in [0.5, 0.6) is 0 Å². The number of hydrogen-bond donors (Lipinski definition) is 2. The van der Waals surface area contributed by atoms with Crippen molar-refractivity contribution in [1.29, 1.82) is 0 Å². The SMILES string of the molecule is Cc1ccc(-c2ccc(C[C@H](NC(=O)[C@@H]3CCCN3S(=O)(=O)c3cc(Cl)cc(Cl)c3)C(=O)O)cc2)cc1. The van der Waals surface area contributed by atoms with Crippen LogP contribution in [0.15, 0.2) is 71.6 Å². The number of rotatable bonds is 8. The Morgan fingerprint density at radius 3 is 2.14 bits per heavy atom. The third-order valence-corrected chi connectivity index (χ3v) is 8.66. The fraction of sp³-hybridized carbons (Fsp3) is 0.259. The fourth-order valence-electron chi connectivity index (χ4n) is 4.39. The van der Waals surface area contributed by atoms with Gasteiger partial charge in [0.15, 0.2) is 0 Å². The molecule has 0 aliphatic carbocycles. The number of hydrogen-bond acceptors (Lipinski definition) is 4.